The summed E-state index contributed by atoms with van der Waals surface area (Å²) >= 11 is 0. The maximum absolute atomic E-state index is 13.2. The molecule has 5 heteroatoms. The second-order valence-corrected chi connectivity index (χ2v) is 5.20. The van der Waals surface area contributed by atoms with E-state index in [1.54, 1.807) is 11.0 Å². The smallest absolute Gasteiger partial charge is 0.242 e. The van der Waals surface area contributed by atoms with Gasteiger partial charge in [0.15, 0.2) is 0 Å². The van der Waals surface area contributed by atoms with E-state index in [4.69, 9.17) is 5.26 Å². The highest BCUT2D eigenvalue weighted by Crippen LogP contribution is 2.17. The third-order valence-electron chi connectivity index (χ3n) is 3.30. The van der Waals surface area contributed by atoms with E-state index in [1.165, 1.54) is 12.1 Å². The minimum absolute atomic E-state index is 0.0133. The lowest BCUT2D eigenvalue weighted by molar-refractivity contribution is -0.140. The fourth-order valence-corrected chi connectivity index (χ4v) is 2.20. The predicted molar refractivity (Wildman–Crippen MR) is 68.6 cm³/mol. The van der Waals surface area contributed by atoms with Crippen LogP contribution < -0.4 is 5.32 Å². The van der Waals surface area contributed by atoms with Crippen molar-refractivity contribution >= 4 is 5.91 Å². The van der Waals surface area contributed by atoms with Crippen molar-refractivity contribution in [3.05, 3.63) is 35.1 Å². The van der Waals surface area contributed by atoms with Crippen LogP contribution in [0.25, 0.3) is 0 Å². The summed E-state index contributed by atoms with van der Waals surface area (Å²) in [6.45, 7) is 5.42. The van der Waals surface area contributed by atoms with Crippen molar-refractivity contribution in [2.45, 2.75) is 25.9 Å². The SMILES string of the molecule is CC1(C)NCCN(Cc2ccc(F)c(C#N)c2)C1=O. The summed E-state index contributed by atoms with van der Waals surface area (Å²) in [6, 6.07) is 6.19. The molecule has 1 saturated heterocycles. The second-order valence-electron chi connectivity index (χ2n) is 5.20. The Bertz CT molecular complexity index is 548. The first-order valence-electron chi connectivity index (χ1n) is 6.17. The predicted octanol–water partition coefficient (Wildman–Crippen LogP) is 1.41. The molecular weight excluding hydrogens is 245 g/mol. The molecule has 4 nitrogen and oxygen atoms in total. The highest BCUT2D eigenvalue weighted by molar-refractivity contribution is 5.86. The Labute approximate surface area is 111 Å². The number of nitriles is 1. The average Bonchev–Trinajstić information content (AvgIpc) is 2.37. The summed E-state index contributed by atoms with van der Waals surface area (Å²) < 4.78 is 13.2. The Hall–Kier alpha value is -1.93. The first-order chi connectivity index (χ1) is 8.94. The van der Waals surface area contributed by atoms with Crippen molar-refractivity contribution in [3.8, 4) is 6.07 Å². The van der Waals surface area contributed by atoms with Crippen LogP contribution in [0.3, 0.4) is 0 Å². The minimum atomic E-state index is -0.573. The van der Waals surface area contributed by atoms with Crippen molar-refractivity contribution in [2.24, 2.45) is 0 Å². The van der Waals surface area contributed by atoms with Crippen LogP contribution in [0.5, 0.6) is 0 Å². The fraction of sp³-hybridized carbons (Fsp3) is 0.429. The molecule has 0 aliphatic carbocycles. The summed E-state index contributed by atoms with van der Waals surface area (Å²) in [7, 11) is 0. The molecule has 2 rings (SSSR count). The Kier molecular flexibility index (Phi) is 3.54. The normalized spacial score (nSPS) is 18.2. The molecular formula is C14H16FN3O. The summed E-state index contributed by atoms with van der Waals surface area (Å²) in [5.74, 6) is -0.514. The van der Waals surface area contributed by atoms with Crippen LogP contribution >= 0.6 is 0 Å². The van der Waals surface area contributed by atoms with Crippen LogP contribution in [-0.2, 0) is 11.3 Å². The van der Waals surface area contributed by atoms with Gasteiger partial charge in [0.2, 0.25) is 5.91 Å². The van der Waals surface area contributed by atoms with Gasteiger partial charge < -0.3 is 10.2 Å². The first-order valence-corrected chi connectivity index (χ1v) is 6.17. The van der Waals surface area contributed by atoms with E-state index in [2.05, 4.69) is 5.32 Å². The van der Waals surface area contributed by atoms with E-state index in [0.717, 1.165) is 12.1 Å². The number of hydrogen-bond acceptors (Lipinski definition) is 3. The van der Waals surface area contributed by atoms with E-state index in [9.17, 15) is 9.18 Å². The number of hydrogen-bond donors (Lipinski definition) is 1. The molecule has 0 bridgehead atoms. The quantitative estimate of drug-likeness (QED) is 0.875. The molecule has 1 amide bonds. The molecule has 0 unspecified atom stereocenters. The summed E-state index contributed by atoms with van der Waals surface area (Å²) in [5.41, 5.74) is 0.208. The molecule has 1 aliphatic heterocycles. The number of halogens is 1. The van der Waals surface area contributed by atoms with Gasteiger partial charge in [0.1, 0.15) is 11.9 Å². The van der Waals surface area contributed by atoms with E-state index >= 15 is 0 Å². The van der Waals surface area contributed by atoms with Gasteiger partial charge in [-0.1, -0.05) is 6.07 Å². The van der Waals surface area contributed by atoms with E-state index in [0.29, 0.717) is 13.1 Å². The third kappa shape index (κ3) is 2.74. The van der Waals surface area contributed by atoms with Crippen molar-refractivity contribution in [1.82, 2.24) is 10.2 Å². The maximum atomic E-state index is 13.2. The topological polar surface area (TPSA) is 56.1 Å². The molecule has 0 radical (unpaired) electrons. The zero-order valence-corrected chi connectivity index (χ0v) is 11.0. The molecule has 19 heavy (non-hydrogen) atoms. The van der Waals surface area contributed by atoms with Gasteiger partial charge in [-0.25, -0.2) is 4.39 Å². The number of piperazine rings is 1. The molecule has 1 fully saturated rings. The largest absolute Gasteiger partial charge is 0.336 e. The monoisotopic (exact) mass is 261 g/mol. The lowest BCUT2D eigenvalue weighted by Gasteiger charge is -2.38. The lowest BCUT2D eigenvalue weighted by atomic mass is 10.00. The second kappa shape index (κ2) is 4.98. The number of amides is 1. The van der Waals surface area contributed by atoms with Crippen LogP contribution in [-0.4, -0.2) is 29.4 Å². The van der Waals surface area contributed by atoms with Gasteiger partial charge in [0, 0.05) is 19.6 Å². The van der Waals surface area contributed by atoms with Crippen molar-refractivity contribution in [2.75, 3.05) is 13.1 Å². The maximum Gasteiger partial charge on any atom is 0.242 e. The molecule has 0 spiro atoms. The summed E-state index contributed by atoms with van der Waals surface area (Å²) in [4.78, 5) is 13.9. The van der Waals surface area contributed by atoms with Gasteiger partial charge in [0.05, 0.1) is 11.1 Å². The van der Waals surface area contributed by atoms with Crippen LogP contribution in [0.2, 0.25) is 0 Å². The molecule has 1 heterocycles. The Morgan fingerprint density at radius 3 is 2.95 bits per heavy atom. The molecule has 1 N–H and O–H groups in total. The van der Waals surface area contributed by atoms with Crippen LogP contribution in [0.1, 0.15) is 25.0 Å². The summed E-state index contributed by atoms with van der Waals surface area (Å²) in [6.07, 6.45) is 0. The van der Waals surface area contributed by atoms with Gasteiger partial charge in [-0.05, 0) is 31.5 Å². The molecule has 0 atom stereocenters. The van der Waals surface area contributed by atoms with E-state index < -0.39 is 11.4 Å². The van der Waals surface area contributed by atoms with Gasteiger partial charge >= 0.3 is 0 Å². The number of carbonyl (C=O) groups excluding carboxylic acids is 1. The van der Waals surface area contributed by atoms with E-state index in [-0.39, 0.29) is 11.5 Å². The number of benzene rings is 1. The first kappa shape index (κ1) is 13.5. The zero-order chi connectivity index (χ0) is 14.0. The number of nitrogens with zero attached hydrogens (tertiary/aromatic N) is 2. The van der Waals surface area contributed by atoms with Gasteiger partial charge in [-0.3, -0.25) is 4.79 Å². The lowest BCUT2D eigenvalue weighted by Crippen LogP contribution is -2.60. The zero-order valence-electron chi connectivity index (χ0n) is 11.0. The Morgan fingerprint density at radius 1 is 1.53 bits per heavy atom. The highest BCUT2D eigenvalue weighted by Gasteiger charge is 2.34. The van der Waals surface area contributed by atoms with Crippen LogP contribution in [0, 0.1) is 17.1 Å². The fourth-order valence-electron chi connectivity index (χ4n) is 2.20. The molecule has 1 aliphatic rings. The molecule has 0 saturated carbocycles. The third-order valence-corrected chi connectivity index (χ3v) is 3.30. The van der Waals surface area contributed by atoms with Gasteiger partial charge in [-0.15, -0.1) is 0 Å². The van der Waals surface area contributed by atoms with Crippen molar-refractivity contribution in [3.63, 3.8) is 0 Å². The van der Waals surface area contributed by atoms with Crippen LogP contribution in [0.4, 0.5) is 4.39 Å². The van der Waals surface area contributed by atoms with Gasteiger partial charge in [-0.2, -0.15) is 5.26 Å². The molecule has 0 aromatic heterocycles. The van der Waals surface area contributed by atoms with E-state index in [1.807, 2.05) is 19.9 Å². The average molecular weight is 261 g/mol. The Balaban J connectivity index is 2.18. The molecule has 1 aromatic rings. The number of carbonyl (C=O) groups is 1. The number of nitrogens with one attached hydrogen (secondary N) is 1. The van der Waals surface area contributed by atoms with Gasteiger partial charge in [0.25, 0.3) is 0 Å². The van der Waals surface area contributed by atoms with Crippen LogP contribution in [0.15, 0.2) is 18.2 Å². The standard InChI is InChI=1S/C14H16FN3O/c1-14(2)13(19)18(6-5-17-14)9-10-3-4-12(15)11(7-10)8-16/h3-4,7,17H,5-6,9H2,1-2H3. The molecule has 1 aromatic carbocycles. The van der Waals surface area contributed by atoms with Crippen molar-refractivity contribution < 1.29 is 9.18 Å². The molecule has 100 valence electrons. The highest BCUT2D eigenvalue weighted by atomic mass is 19.1. The minimum Gasteiger partial charge on any atom is -0.336 e. The number of rotatable bonds is 2. The van der Waals surface area contributed by atoms with Crippen molar-refractivity contribution in [1.29, 1.82) is 5.26 Å². The Morgan fingerprint density at radius 2 is 2.26 bits per heavy atom. The summed E-state index contributed by atoms with van der Waals surface area (Å²) in [5, 5.41) is 12.0.